The molecule has 74 valence electrons. The van der Waals surface area contributed by atoms with Gasteiger partial charge in [0.25, 0.3) is 0 Å². The number of rotatable bonds is 1. The number of H-pyrrole nitrogens is 1. The van der Waals surface area contributed by atoms with Crippen LogP contribution in [-0.2, 0) is 0 Å². The average Bonchev–Trinajstić information content (AvgIpc) is 2.82. The summed E-state index contributed by atoms with van der Waals surface area (Å²) < 4.78 is 1.65. The highest BCUT2D eigenvalue weighted by Gasteiger charge is 2.07. The van der Waals surface area contributed by atoms with Gasteiger partial charge >= 0.3 is 0 Å². The van der Waals surface area contributed by atoms with Crippen LogP contribution in [0.25, 0.3) is 16.9 Å². The van der Waals surface area contributed by atoms with Gasteiger partial charge in [-0.25, -0.2) is 0 Å². The molecule has 1 N–H and O–H groups in total. The molecular weight excluding hydrogens is 192 g/mol. The first kappa shape index (κ1) is 8.10. The molecule has 0 fully saturated rings. The Morgan fingerprint density at radius 3 is 3.07 bits per heavy atom. The number of nitrogens with zero attached hydrogens (tertiary/aromatic N) is 5. The molecule has 0 aliphatic carbocycles. The third-order valence-electron chi connectivity index (χ3n) is 2.22. The van der Waals surface area contributed by atoms with Crippen molar-refractivity contribution in [2.24, 2.45) is 0 Å². The van der Waals surface area contributed by atoms with E-state index < -0.39 is 0 Å². The summed E-state index contributed by atoms with van der Waals surface area (Å²) >= 11 is 0. The minimum Gasteiger partial charge on any atom is -0.196 e. The number of aryl methyl sites for hydroxylation is 1. The molecule has 1 aromatic carbocycles. The van der Waals surface area contributed by atoms with Crippen molar-refractivity contribution in [3.63, 3.8) is 0 Å². The molecule has 6 nitrogen and oxygen atoms in total. The minimum atomic E-state index is 0.640. The van der Waals surface area contributed by atoms with E-state index in [0.29, 0.717) is 5.82 Å². The molecule has 6 heteroatoms. The maximum atomic E-state index is 4.07. The molecule has 15 heavy (non-hydrogen) atoms. The number of hydrogen-bond donors (Lipinski definition) is 1. The fourth-order valence-corrected chi connectivity index (χ4v) is 1.50. The fraction of sp³-hybridized carbons (Fsp3) is 0.111. The van der Waals surface area contributed by atoms with Gasteiger partial charge in [0.05, 0.1) is 11.7 Å². The minimum absolute atomic E-state index is 0.640. The zero-order chi connectivity index (χ0) is 10.3. The van der Waals surface area contributed by atoms with Gasteiger partial charge in [0, 0.05) is 0 Å². The largest absolute Gasteiger partial charge is 0.197 e. The summed E-state index contributed by atoms with van der Waals surface area (Å²) in [6.07, 6.45) is 1.61. The van der Waals surface area contributed by atoms with Crippen molar-refractivity contribution in [1.29, 1.82) is 0 Å². The van der Waals surface area contributed by atoms with Crippen LogP contribution in [-0.4, -0.2) is 30.4 Å². The van der Waals surface area contributed by atoms with Crippen LogP contribution in [0, 0.1) is 6.92 Å². The zero-order valence-electron chi connectivity index (χ0n) is 8.05. The molecule has 3 aromatic rings. The molecule has 2 aromatic heterocycles. The van der Waals surface area contributed by atoms with Gasteiger partial charge in [-0.15, -0.1) is 10.2 Å². The molecule has 0 amide bonds. The maximum Gasteiger partial charge on any atom is 0.197 e. The standard InChI is InChI=1S/C9H8N6/c1-6-2-3-8-7(4-6)11-14-15(8)9-5-10-13-12-9/h2-5H,1H3,(H,10,12,13). The molecule has 2 heterocycles. The van der Waals surface area contributed by atoms with Crippen LogP contribution in [0.4, 0.5) is 0 Å². The van der Waals surface area contributed by atoms with Gasteiger partial charge in [0.2, 0.25) is 0 Å². The Hall–Kier alpha value is -2.24. The van der Waals surface area contributed by atoms with Crippen molar-refractivity contribution < 1.29 is 0 Å². The summed E-state index contributed by atoms with van der Waals surface area (Å²) in [5.41, 5.74) is 2.95. The van der Waals surface area contributed by atoms with E-state index >= 15 is 0 Å². The third kappa shape index (κ3) is 1.18. The molecule has 3 rings (SSSR count). The molecule has 0 bridgehead atoms. The van der Waals surface area contributed by atoms with Gasteiger partial charge in [0.1, 0.15) is 5.52 Å². The van der Waals surface area contributed by atoms with E-state index in [9.17, 15) is 0 Å². The lowest BCUT2D eigenvalue weighted by Crippen LogP contribution is -1.96. The van der Waals surface area contributed by atoms with Gasteiger partial charge in [-0.2, -0.15) is 15.0 Å². The van der Waals surface area contributed by atoms with Crippen LogP contribution in [0.1, 0.15) is 5.56 Å². The lowest BCUT2D eigenvalue weighted by molar-refractivity contribution is 0.792. The molecule has 0 aliphatic heterocycles. The first-order valence-corrected chi connectivity index (χ1v) is 4.53. The normalized spacial score (nSPS) is 11.0. The Balaban J connectivity index is 2.29. The van der Waals surface area contributed by atoms with Crippen molar-refractivity contribution >= 4 is 11.0 Å². The number of hydrogen-bond acceptors (Lipinski definition) is 4. The Bertz CT molecular complexity index is 594. The monoisotopic (exact) mass is 200 g/mol. The topological polar surface area (TPSA) is 72.3 Å². The van der Waals surface area contributed by atoms with Crippen molar-refractivity contribution in [3.8, 4) is 5.82 Å². The van der Waals surface area contributed by atoms with Crippen molar-refractivity contribution in [2.45, 2.75) is 6.92 Å². The van der Waals surface area contributed by atoms with Gasteiger partial charge in [-0.3, -0.25) is 0 Å². The molecule has 0 unspecified atom stereocenters. The summed E-state index contributed by atoms with van der Waals surface area (Å²) in [7, 11) is 0. The molecule has 0 atom stereocenters. The van der Waals surface area contributed by atoms with Crippen molar-refractivity contribution in [1.82, 2.24) is 30.4 Å². The Morgan fingerprint density at radius 1 is 1.33 bits per heavy atom. The number of aromatic amines is 1. The van der Waals surface area contributed by atoms with Crippen LogP contribution in [0.3, 0.4) is 0 Å². The first-order chi connectivity index (χ1) is 7.34. The summed E-state index contributed by atoms with van der Waals surface area (Å²) in [4.78, 5) is 0. The molecule has 0 spiro atoms. The van der Waals surface area contributed by atoms with Crippen LogP contribution in [0.15, 0.2) is 24.4 Å². The molecule has 0 saturated heterocycles. The van der Waals surface area contributed by atoms with Crippen LogP contribution < -0.4 is 0 Å². The fourth-order valence-electron chi connectivity index (χ4n) is 1.50. The quantitative estimate of drug-likeness (QED) is 0.632. The van der Waals surface area contributed by atoms with E-state index in [-0.39, 0.29) is 0 Å². The number of fused-ring (bicyclic) bond motifs is 1. The predicted molar refractivity (Wildman–Crippen MR) is 53.5 cm³/mol. The van der Waals surface area contributed by atoms with E-state index in [1.165, 1.54) is 0 Å². The van der Waals surface area contributed by atoms with E-state index in [4.69, 9.17) is 0 Å². The van der Waals surface area contributed by atoms with Crippen LogP contribution in [0.2, 0.25) is 0 Å². The lowest BCUT2D eigenvalue weighted by Gasteiger charge is -1.95. The molecular formula is C9H8N6. The maximum absolute atomic E-state index is 4.07. The highest BCUT2D eigenvalue weighted by Crippen LogP contribution is 2.15. The number of benzene rings is 1. The second-order valence-corrected chi connectivity index (χ2v) is 3.32. The smallest absolute Gasteiger partial charge is 0.196 e. The van der Waals surface area contributed by atoms with Gasteiger partial charge in [-0.1, -0.05) is 11.3 Å². The van der Waals surface area contributed by atoms with E-state index in [1.54, 1.807) is 10.9 Å². The van der Waals surface area contributed by atoms with Crippen LogP contribution in [0.5, 0.6) is 0 Å². The van der Waals surface area contributed by atoms with Gasteiger partial charge < -0.3 is 0 Å². The summed E-state index contributed by atoms with van der Waals surface area (Å²) in [6.45, 7) is 2.02. The Morgan fingerprint density at radius 2 is 2.27 bits per heavy atom. The van der Waals surface area contributed by atoms with Gasteiger partial charge in [0.15, 0.2) is 5.82 Å². The first-order valence-electron chi connectivity index (χ1n) is 4.53. The van der Waals surface area contributed by atoms with Gasteiger partial charge in [-0.05, 0) is 24.6 Å². The molecule has 0 radical (unpaired) electrons. The van der Waals surface area contributed by atoms with Crippen molar-refractivity contribution in [3.05, 3.63) is 30.0 Å². The van der Waals surface area contributed by atoms with E-state index in [2.05, 4.69) is 25.7 Å². The SMILES string of the molecule is Cc1ccc2c(c1)nnn2-c1cn[nH]n1. The average molecular weight is 200 g/mol. The summed E-state index contributed by atoms with van der Waals surface area (Å²) in [5, 5.41) is 18.3. The predicted octanol–water partition coefficient (Wildman–Crippen LogP) is 0.847. The summed E-state index contributed by atoms with van der Waals surface area (Å²) in [6, 6.07) is 5.97. The number of nitrogens with one attached hydrogen (secondary N) is 1. The molecule has 0 aliphatic rings. The van der Waals surface area contributed by atoms with Crippen molar-refractivity contribution in [2.75, 3.05) is 0 Å². The van der Waals surface area contributed by atoms with E-state index in [0.717, 1.165) is 16.6 Å². The second-order valence-electron chi connectivity index (χ2n) is 3.32. The number of aromatic nitrogens is 6. The third-order valence-corrected chi connectivity index (χ3v) is 2.22. The molecule has 0 saturated carbocycles. The summed E-state index contributed by atoms with van der Waals surface area (Å²) in [5.74, 6) is 0.640. The van der Waals surface area contributed by atoms with Crippen LogP contribution >= 0.6 is 0 Å². The Kier molecular flexibility index (Phi) is 1.55. The zero-order valence-corrected chi connectivity index (χ0v) is 8.05. The van der Waals surface area contributed by atoms with E-state index in [1.807, 2.05) is 25.1 Å². The highest BCUT2D eigenvalue weighted by molar-refractivity contribution is 5.76. The lowest BCUT2D eigenvalue weighted by atomic mass is 10.2. The second kappa shape index (κ2) is 2.88. The Labute approximate surface area is 84.9 Å². The highest BCUT2D eigenvalue weighted by atomic mass is 15.5.